The lowest BCUT2D eigenvalue weighted by molar-refractivity contribution is -0.120. The number of carbonyl (C=O) groups excluding carboxylic acids is 1. The van der Waals surface area contributed by atoms with Gasteiger partial charge in [-0.25, -0.2) is 0 Å². The molecule has 150 valence electrons. The molecule has 27 heavy (non-hydrogen) atoms. The van der Waals surface area contributed by atoms with E-state index >= 15 is 0 Å². The van der Waals surface area contributed by atoms with Crippen molar-refractivity contribution >= 4 is 5.91 Å². The number of likely N-dealkylation sites (tertiary alicyclic amines) is 1. The molecule has 2 aliphatic rings. The molecule has 1 aromatic carbocycles. The smallest absolute Gasteiger partial charge is 0.217 e. The van der Waals surface area contributed by atoms with Crippen molar-refractivity contribution in [1.29, 1.82) is 0 Å². The molecule has 2 aliphatic heterocycles. The third kappa shape index (κ3) is 6.79. The van der Waals surface area contributed by atoms with Crippen molar-refractivity contribution in [2.45, 2.75) is 38.8 Å². The van der Waals surface area contributed by atoms with Crippen LogP contribution in [-0.4, -0.2) is 74.3 Å². The van der Waals surface area contributed by atoms with Crippen LogP contribution >= 0.6 is 0 Å². The fourth-order valence-electron chi connectivity index (χ4n) is 3.92. The number of benzene rings is 1. The van der Waals surface area contributed by atoms with Gasteiger partial charge in [0.05, 0.1) is 19.8 Å². The van der Waals surface area contributed by atoms with Crippen molar-refractivity contribution < 1.29 is 14.3 Å². The summed E-state index contributed by atoms with van der Waals surface area (Å²) in [5.41, 5.74) is 1.23. The number of hydrogen-bond acceptors (Lipinski definition) is 5. The lowest BCUT2D eigenvalue weighted by atomic mass is 10.0. The molecule has 1 amide bonds. The Labute approximate surface area is 162 Å². The van der Waals surface area contributed by atoms with Gasteiger partial charge in [0.15, 0.2) is 0 Å². The fraction of sp³-hybridized carbons (Fsp3) is 0.667. The minimum absolute atomic E-state index is 0.0610. The number of ether oxygens (including phenoxy) is 2. The molecule has 0 bridgehead atoms. The molecule has 3 rings (SSSR count). The van der Waals surface area contributed by atoms with Crippen LogP contribution in [0.15, 0.2) is 24.3 Å². The standard InChI is InChI=1S/C21H33N3O3/c1-18(25)22-20-7-4-9-24(17-20)16-19-6-2-3-8-21(19)27-13-5-10-23-11-14-26-15-12-23/h2-3,6,8,20H,4-5,7,9-17H2,1H3,(H,22,25). The molecule has 2 fully saturated rings. The molecule has 0 aliphatic carbocycles. The number of amides is 1. The molecule has 6 heteroatoms. The number of hydrogen-bond donors (Lipinski definition) is 1. The molecule has 0 saturated carbocycles. The van der Waals surface area contributed by atoms with Crippen LogP contribution in [-0.2, 0) is 16.1 Å². The van der Waals surface area contributed by atoms with E-state index in [1.54, 1.807) is 6.92 Å². The van der Waals surface area contributed by atoms with Gasteiger partial charge in [0, 0.05) is 51.3 Å². The number of morpholine rings is 1. The van der Waals surface area contributed by atoms with E-state index in [9.17, 15) is 4.79 Å². The maximum Gasteiger partial charge on any atom is 0.217 e. The van der Waals surface area contributed by atoms with Crippen LogP contribution in [0.1, 0.15) is 31.7 Å². The van der Waals surface area contributed by atoms with Gasteiger partial charge in [-0.15, -0.1) is 0 Å². The van der Waals surface area contributed by atoms with E-state index in [1.807, 2.05) is 6.07 Å². The summed E-state index contributed by atoms with van der Waals surface area (Å²) in [4.78, 5) is 16.2. The molecule has 0 spiro atoms. The van der Waals surface area contributed by atoms with Crippen LogP contribution in [0.3, 0.4) is 0 Å². The second-order valence-corrected chi connectivity index (χ2v) is 7.54. The van der Waals surface area contributed by atoms with Gasteiger partial charge in [-0.2, -0.15) is 0 Å². The zero-order valence-corrected chi connectivity index (χ0v) is 16.5. The average Bonchev–Trinajstić information content (AvgIpc) is 2.67. The first-order valence-electron chi connectivity index (χ1n) is 10.2. The predicted molar refractivity (Wildman–Crippen MR) is 106 cm³/mol. The van der Waals surface area contributed by atoms with Crippen molar-refractivity contribution in [3.05, 3.63) is 29.8 Å². The maximum atomic E-state index is 11.3. The molecule has 2 heterocycles. The second kappa shape index (κ2) is 10.6. The highest BCUT2D eigenvalue weighted by Crippen LogP contribution is 2.22. The van der Waals surface area contributed by atoms with Gasteiger partial charge < -0.3 is 14.8 Å². The molecule has 1 aromatic rings. The van der Waals surface area contributed by atoms with E-state index in [-0.39, 0.29) is 11.9 Å². The Kier molecular flexibility index (Phi) is 7.93. The van der Waals surface area contributed by atoms with Crippen molar-refractivity contribution in [2.75, 3.05) is 52.5 Å². The molecule has 0 aromatic heterocycles. The summed E-state index contributed by atoms with van der Waals surface area (Å²) < 4.78 is 11.5. The Bertz CT molecular complexity index is 590. The Hall–Kier alpha value is -1.63. The highest BCUT2D eigenvalue weighted by molar-refractivity contribution is 5.73. The summed E-state index contributed by atoms with van der Waals surface area (Å²) in [6.07, 6.45) is 3.21. The normalized spacial score (nSPS) is 21.7. The molecule has 1 unspecified atom stereocenters. The Morgan fingerprint density at radius 2 is 2.04 bits per heavy atom. The predicted octanol–water partition coefficient (Wildman–Crippen LogP) is 1.89. The number of nitrogens with zero attached hydrogens (tertiary/aromatic N) is 2. The summed E-state index contributed by atoms with van der Waals surface area (Å²) in [6.45, 7) is 10.0. The molecule has 6 nitrogen and oxygen atoms in total. The van der Waals surface area contributed by atoms with Gasteiger partial charge in [0.2, 0.25) is 5.91 Å². The average molecular weight is 376 g/mol. The first kappa shape index (κ1) is 20.1. The molecular weight excluding hydrogens is 342 g/mol. The minimum Gasteiger partial charge on any atom is -0.493 e. The van der Waals surface area contributed by atoms with Gasteiger partial charge in [0.25, 0.3) is 0 Å². The van der Waals surface area contributed by atoms with Crippen molar-refractivity contribution in [3.63, 3.8) is 0 Å². The lowest BCUT2D eigenvalue weighted by Gasteiger charge is -2.33. The molecule has 0 radical (unpaired) electrons. The van der Waals surface area contributed by atoms with Crippen LogP contribution in [0.5, 0.6) is 5.75 Å². The van der Waals surface area contributed by atoms with E-state index in [2.05, 4.69) is 33.3 Å². The SMILES string of the molecule is CC(=O)NC1CCCN(Cc2ccccc2OCCCN2CCOCC2)C1. The monoisotopic (exact) mass is 375 g/mol. The van der Waals surface area contributed by atoms with E-state index in [0.29, 0.717) is 0 Å². The van der Waals surface area contributed by atoms with Crippen LogP contribution in [0.4, 0.5) is 0 Å². The Morgan fingerprint density at radius 1 is 1.22 bits per heavy atom. The second-order valence-electron chi connectivity index (χ2n) is 7.54. The quantitative estimate of drug-likeness (QED) is 0.703. The van der Waals surface area contributed by atoms with E-state index in [0.717, 1.165) is 84.1 Å². The van der Waals surface area contributed by atoms with Crippen LogP contribution in [0.2, 0.25) is 0 Å². The summed E-state index contributed by atoms with van der Waals surface area (Å²) in [5.74, 6) is 1.05. The number of piperidine rings is 1. The van der Waals surface area contributed by atoms with E-state index in [1.165, 1.54) is 5.56 Å². The van der Waals surface area contributed by atoms with Crippen LogP contribution in [0.25, 0.3) is 0 Å². The zero-order chi connectivity index (χ0) is 18.9. The Balaban J connectivity index is 1.46. The van der Waals surface area contributed by atoms with Crippen LogP contribution < -0.4 is 10.1 Å². The zero-order valence-electron chi connectivity index (χ0n) is 16.5. The third-order valence-electron chi connectivity index (χ3n) is 5.26. The topological polar surface area (TPSA) is 54.0 Å². The van der Waals surface area contributed by atoms with Crippen molar-refractivity contribution in [1.82, 2.24) is 15.1 Å². The number of carbonyl (C=O) groups is 1. The van der Waals surface area contributed by atoms with E-state index < -0.39 is 0 Å². The fourth-order valence-corrected chi connectivity index (χ4v) is 3.92. The van der Waals surface area contributed by atoms with Crippen LogP contribution in [0, 0.1) is 0 Å². The highest BCUT2D eigenvalue weighted by atomic mass is 16.5. The largest absolute Gasteiger partial charge is 0.493 e. The number of nitrogens with one attached hydrogen (secondary N) is 1. The minimum atomic E-state index is 0.0610. The van der Waals surface area contributed by atoms with Gasteiger partial charge in [-0.05, 0) is 31.9 Å². The maximum absolute atomic E-state index is 11.3. The first-order valence-corrected chi connectivity index (χ1v) is 10.2. The molecule has 2 saturated heterocycles. The van der Waals surface area contributed by atoms with Crippen molar-refractivity contribution in [2.24, 2.45) is 0 Å². The summed E-state index contributed by atoms with van der Waals surface area (Å²) in [6, 6.07) is 8.60. The first-order chi connectivity index (χ1) is 13.2. The third-order valence-corrected chi connectivity index (χ3v) is 5.26. The van der Waals surface area contributed by atoms with Gasteiger partial charge >= 0.3 is 0 Å². The summed E-state index contributed by atoms with van der Waals surface area (Å²) >= 11 is 0. The summed E-state index contributed by atoms with van der Waals surface area (Å²) in [5, 5.41) is 3.06. The van der Waals surface area contributed by atoms with E-state index in [4.69, 9.17) is 9.47 Å². The molecule has 1 atom stereocenters. The van der Waals surface area contributed by atoms with Gasteiger partial charge in [-0.1, -0.05) is 18.2 Å². The van der Waals surface area contributed by atoms with Gasteiger partial charge in [0.1, 0.15) is 5.75 Å². The number of rotatable bonds is 8. The highest BCUT2D eigenvalue weighted by Gasteiger charge is 2.21. The Morgan fingerprint density at radius 3 is 2.85 bits per heavy atom. The molecular formula is C21H33N3O3. The number of para-hydroxylation sites is 1. The van der Waals surface area contributed by atoms with Crippen molar-refractivity contribution in [3.8, 4) is 5.75 Å². The molecule has 1 N–H and O–H groups in total. The lowest BCUT2D eigenvalue weighted by Crippen LogP contribution is -2.46. The summed E-state index contributed by atoms with van der Waals surface area (Å²) in [7, 11) is 0. The van der Waals surface area contributed by atoms with Gasteiger partial charge in [-0.3, -0.25) is 14.6 Å².